The molecule has 0 saturated heterocycles. The summed E-state index contributed by atoms with van der Waals surface area (Å²) >= 11 is 0. The van der Waals surface area contributed by atoms with Gasteiger partial charge >= 0.3 is 0 Å². The number of phenols is 2. The van der Waals surface area contributed by atoms with Crippen LogP contribution < -0.4 is 9.47 Å². The molecule has 2 atom stereocenters. The maximum Gasteiger partial charge on any atom is 0.147 e. The number of rotatable bonds is 14. The van der Waals surface area contributed by atoms with Gasteiger partial charge in [0.1, 0.15) is 23.0 Å². The monoisotopic (exact) mass is 1160 g/mol. The first kappa shape index (κ1) is 56.3. The van der Waals surface area contributed by atoms with Gasteiger partial charge in [0.05, 0.1) is 45.6 Å². The van der Waals surface area contributed by atoms with Crippen LogP contribution in [0.1, 0.15) is 53.6 Å². The van der Waals surface area contributed by atoms with Gasteiger partial charge in [-0.25, -0.2) is 0 Å². The Labute approximate surface area is 520 Å². The van der Waals surface area contributed by atoms with E-state index in [-0.39, 0.29) is 23.7 Å². The molecule has 2 N–H and O–H groups in total. The molecule has 0 aliphatic rings. The molecule has 0 amide bonds. The van der Waals surface area contributed by atoms with E-state index in [2.05, 4.69) is 247 Å². The van der Waals surface area contributed by atoms with Gasteiger partial charge in [-0.3, -0.25) is 0 Å². The summed E-state index contributed by atoms with van der Waals surface area (Å²) in [4.78, 5) is 0. The zero-order chi connectivity index (χ0) is 61.2. The molecule has 0 aliphatic carbocycles. The van der Waals surface area contributed by atoms with Crippen LogP contribution in [0, 0.1) is 41.5 Å². The Bertz CT molecular complexity index is 4510. The number of hydrogen-bond acceptors (Lipinski definition) is 4. The zero-order valence-corrected chi connectivity index (χ0v) is 51.6. The SMILES string of the molecule is Cc1ccc(-c2ccc3c(c2)c2cc(-c4ccc(C)cc4)ccc2n3-c2cc(C)cc(-c3ccccc3O[C@H](C)C[C@@H](C)Oc3ccccc3-c3cc(C)cc(-n4c5ccc(-c6ccc(C)cc6)cc5c5cc(-c6ccc(C)cc6)ccc54)c3O)c2O)cc1. The molecule has 6 heteroatoms. The van der Waals surface area contributed by atoms with Crippen molar-refractivity contribution >= 4 is 43.6 Å². The van der Waals surface area contributed by atoms with Crippen molar-refractivity contribution in [2.45, 2.75) is 74.0 Å². The second-order valence-electron chi connectivity index (χ2n) is 24.5. The molecule has 14 rings (SSSR count). The molecule has 0 spiro atoms. The first-order valence-electron chi connectivity index (χ1n) is 30.8. The smallest absolute Gasteiger partial charge is 0.147 e. The highest BCUT2D eigenvalue weighted by Crippen LogP contribution is 2.47. The lowest BCUT2D eigenvalue weighted by Crippen LogP contribution is -2.23. The van der Waals surface area contributed by atoms with E-state index in [0.29, 0.717) is 40.4 Å². The molecule has 14 aromatic rings. The molecular weight excluding hydrogens is 1090 g/mol. The number of benzene rings is 12. The van der Waals surface area contributed by atoms with E-state index in [0.717, 1.165) is 110 Å². The van der Waals surface area contributed by atoms with E-state index >= 15 is 0 Å². The lowest BCUT2D eigenvalue weighted by molar-refractivity contribution is 0.131. The van der Waals surface area contributed by atoms with Gasteiger partial charge in [-0.15, -0.1) is 0 Å². The fraction of sp³-hybridized carbons (Fsp3) is 0.133. The van der Waals surface area contributed by atoms with Crippen molar-refractivity contribution in [3.8, 4) is 101 Å². The standard InChI is InChI=1S/C83H70N2O4/c1-50-17-25-58(26-18-50)62-33-37-74-68(46-62)69-47-63(59-27-19-51(2)20-28-59)34-38-75(69)84(74)78-43-54(5)41-72(82(78)86)66-13-9-11-15-80(66)88-56(7)45-57(8)89-81-16-12-10-14-67(81)73-42-55(6)44-79(83(73)87)85-76-39-35-64(60-29-21-52(3)22-30-60)48-70(76)71-49-65(36-40-77(71)85)61-31-23-53(4)24-32-61/h9-44,46-49,56-57,86-87H,45H2,1-8H3/t56-,57-/m1/s1. The summed E-state index contributed by atoms with van der Waals surface area (Å²) in [6.07, 6.45) is -0.0362. The highest BCUT2D eigenvalue weighted by atomic mass is 16.5. The normalized spacial score (nSPS) is 12.3. The van der Waals surface area contributed by atoms with E-state index in [1.807, 2.05) is 60.7 Å². The number of ether oxygens (including phenoxy) is 2. The summed E-state index contributed by atoms with van der Waals surface area (Å²) in [5.41, 5.74) is 24.3. The van der Waals surface area contributed by atoms with E-state index < -0.39 is 0 Å². The third-order valence-corrected chi connectivity index (χ3v) is 17.7. The largest absolute Gasteiger partial charge is 0.505 e. The number of hydrogen-bond donors (Lipinski definition) is 2. The highest BCUT2D eigenvalue weighted by Gasteiger charge is 2.25. The summed E-state index contributed by atoms with van der Waals surface area (Å²) in [5, 5.41) is 29.9. The van der Waals surface area contributed by atoms with Crippen LogP contribution in [0.15, 0.2) is 243 Å². The van der Waals surface area contributed by atoms with Gasteiger partial charge in [-0.2, -0.15) is 0 Å². The van der Waals surface area contributed by atoms with Crippen molar-refractivity contribution in [3.05, 3.63) is 276 Å². The molecule has 2 heterocycles. The van der Waals surface area contributed by atoms with Crippen LogP contribution in [0.2, 0.25) is 0 Å². The maximum atomic E-state index is 12.8. The Morgan fingerprint density at radius 1 is 0.292 bits per heavy atom. The van der Waals surface area contributed by atoms with E-state index in [1.54, 1.807) is 0 Å². The van der Waals surface area contributed by atoms with Crippen LogP contribution in [0.25, 0.3) is 122 Å². The Balaban J connectivity index is 0.769. The number of aromatic nitrogens is 2. The van der Waals surface area contributed by atoms with E-state index in [9.17, 15) is 10.2 Å². The van der Waals surface area contributed by atoms with Crippen molar-refractivity contribution < 1.29 is 19.7 Å². The fourth-order valence-electron chi connectivity index (χ4n) is 13.1. The predicted octanol–water partition coefficient (Wildman–Crippen LogP) is 21.8. The molecule has 0 bridgehead atoms. The minimum Gasteiger partial charge on any atom is -0.505 e. The number of aryl methyl sites for hydroxylation is 6. The number of aromatic hydroxyl groups is 2. The van der Waals surface area contributed by atoms with Crippen molar-refractivity contribution in [2.24, 2.45) is 0 Å². The summed E-state index contributed by atoms with van der Waals surface area (Å²) in [7, 11) is 0. The highest BCUT2D eigenvalue weighted by molar-refractivity contribution is 6.13. The Morgan fingerprint density at radius 2 is 0.562 bits per heavy atom. The molecule has 12 aromatic carbocycles. The molecular formula is C83H70N2O4. The lowest BCUT2D eigenvalue weighted by Gasteiger charge is -2.24. The van der Waals surface area contributed by atoms with Gasteiger partial charge in [0.25, 0.3) is 0 Å². The van der Waals surface area contributed by atoms with Crippen molar-refractivity contribution in [2.75, 3.05) is 0 Å². The molecule has 2 aromatic heterocycles. The van der Waals surface area contributed by atoms with Crippen LogP contribution in [-0.2, 0) is 0 Å². The number of nitrogens with zero attached hydrogens (tertiary/aromatic N) is 2. The fourth-order valence-corrected chi connectivity index (χ4v) is 13.1. The predicted molar refractivity (Wildman–Crippen MR) is 371 cm³/mol. The molecule has 0 fully saturated rings. The Kier molecular flexibility index (Phi) is 14.5. The Hall–Kier alpha value is -10.6. The van der Waals surface area contributed by atoms with Crippen LogP contribution in [0.3, 0.4) is 0 Å². The van der Waals surface area contributed by atoms with Crippen LogP contribution >= 0.6 is 0 Å². The first-order chi connectivity index (χ1) is 43.2. The average Bonchev–Trinajstić information content (AvgIpc) is 2.03. The van der Waals surface area contributed by atoms with Crippen LogP contribution in [0.5, 0.6) is 23.0 Å². The van der Waals surface area contributed by atoms with Gasteiger partial charge in [-0.05, 0) is 196 Å². The second-order valence-corrected chi connectivity index (χ2v) is 24.5. The molecule has 436 valence electrons. The Morgan fingerprint density at radius 3 is 0.854 bits per heavy atom. The van der Waals surface area contributed by atoms with E-state index in [4.69, 9.17) is 9.47 Å². The van der Waals surface area contributed by atoms with Crippen LogP contribution in [-0.4, -0.2) is 31.6 Å². The van der Waals surface area contributed by atoms with E-state index in [1.165, 1.54) is 22.3 Å². The number of phenolic OH excluding ortho intramolecular Hbond substituents is 2. The van der Waals surface area contributed by atoms with Crippen LogP contribution in [0.4, 0.5) is 0 Å². The third-order valence-electron chi connectivity index (χ3n) is 17.7. The van der Waals surface area contributed by atoms with Gasteiger partial charge in [-0.1, -0.05) is 180 Å². The van der Waals surface area contributed by atoms with Crippen molar-refractivity contribution in [3.63, 3.8) is 0 Å². The minimum absolute atomic E-state index is 0.164. The third kappa shape index (κ3) is 10.6. The van der Waals surface area contributed by atoms with Gasteiger partial charge in [0.2, 0.25) is 0 Å². The average molecular weight is 1160 g/mol. The molecule has 0 unspecified atom stereocenters. The molecule has 0 aliphatic heterocycles. The minimum atomic E-state index is -0.292. The quantitative estimate of drug-likeness (QED) is 0.114. The number of fused-ring (bicyclic) bond motifs is 6. The lowest BCUT2D eigenvalue weighted by atomic mass is 9.99. The van der Waals surface area contributed by atoms with Crippen molar-refractivity contribution in [1.29, 1.82) is 0 Å². The summed E-state index contributed by atoms with van der Waals surface area (Å²) in [6.45, 7) is 16.8. The molecule has 89 heavy (non-hydrogen) atoms. The van der Waals surface area contributed by atoms with Gasteiger partial charge in [0, 0.05) is 50.2 Å². The van der Waals surface area contributed by atoms with Gasteiger partial charge < -0.3 is 28.8 Å². The maximum absolute atomic E-state index is 12.8. The van der Waals surface area contributed by atoms with Gasteiger partial charge in [0.15, 0.2) is 0 Å². The summed E-state index contributed by atoms with van der Waals surface area (Å²) in [6, 6.07) is 85.6. The molecule has 6 nitrogen and oxygen atoms in total. The second kappa shape index (κ2) is 22.9. The molecule has 0 radical (unpaired) electrons. The molecule has 0 saturated carbocycles. The summed E-state index contributed by atoms with van der Waals surface area (Å²) in [5.74, 6) is 1.65. The van der Waals surface area contributed by atoms with Crippen molar-refractivity contribution in [1.82, 2.24) is 9.13 Å². The first-order valence-corrected chi connectivity index (χ1v) is 30.8. The topological polar surface area (TPSA) is 68.8 Å². The summed E-state index contributed by atoms with van der Waals surface area (Å²) < 4.78 is 18.2. The number of para-hydroxylation sites is 2. The zero-order valence-electron chi connectivity index (χ0n) is 51.6.